The highest BCUT2D eigenvalue weighted by Crippen LogP contribution is 2.41. The molecule has 7 heteroatoms. The fraction of sp³-hybridized carbons (Fsp3) is 0.444. The lowest BCUT2D eigenvalue weighted by Gasteiger charge is -2.37. The Morgan fingerprint density at radius 1 is 1.28 bits per heavy atom. The average Bonchev–Trinajstić information content (AvgIpc) is 3.23. The number of carbonyl (C=O) groups excluding carboxylic acids is 1. The van der Waals surface area contributed by atoms with E-state index in [0.29, 0.717) is 24.5 Å². The van der Waals surface area contributed by atoms with Gasteiger partial charge in [-0.15, -0.1) is 11.8 Å². The van der Waals surface area contributed by atoms with Gasteiger partial charge in [0.25, 0.3) is 5.91 Å². The van der Waals surface area contributed by atoms with Gasteiger partial charge in [-0.3, -0.25) is 9.48 Å². The summed E-state index contributed by atoms with van der Waals surface area (Å²) in [5.74, 6) is 0.739. The number of thioether (sulfide) groups is 1. The van der Waals surface area contributed by atoms with Crippen LogP contribution in [0.2, 0.25) is 0 Å². The van der Waals surface area contributed by atoms with Gasteiger partial charge in [0, 0.05) is 44.3 Å². The summed E-state index contributed by atoms with van der Waals surface area (Å²) in [7, 11) is 1.77. The Hall–Kier alpha value is -1.86. The predicted octanol–water partition coefficient (Wildman–Crippen LogP) is 2.92. The molecule has 0 aliphatic carbocycles. The summed E-state index contributed by atoms with van der Waals surface area (Å²) in [6.45, 7) is 2.20. The smallest absolute Gasteiger partial charge is 0.272 e. The molecule has 1 aromatic carbocycles. The number of aromatic nitrogens is 2. The molecule has 0 radical (unpaired) electrons. The van der Waals surface area contributed by atoms with Gasteiger partial charge in [0.05, 0.1) is 12.3 Å². The maximum atomic E-state index is 13.1. The van der Waals surface area contributed by atoms with Crippen molar-refractivity contribution in [3.63, 3.8) is 0 Å². The minimum Gasteiger partial charge on any atom is -0.363 e. The molecule has 132 valence electrons. The number of aryl methyl sites for hydroxylation is 1. The number of likely N-dealkylation sites (tertiary alicyclic amines) is 1. The van der Waals surface area contributed by atoms with Crippen molar-refractivity contribution in [2.75, 3.05) is 25.4 Å². The lowest BCUT2D eigenvalue weighted by atomic mass is 10.1. The molecule has 0 saturated carbocycles. The summed E-state index contributed by atoms with van der Waals surface area (Å²) in [6, 6.07) is 7.92. The Balaban J connectivity index is 1.50. The molecule has 2 aliphatic rings. The van der Waals surface area contributed by atoms with Gasteiger partial charge in [-0.2, -0.15) is 5.10 Å². The van der Waals surface area contributed by atoms with E-state index in [0.717, 1.165) is 30.8 Å². The van der Waals surface area contributed by atoms with Crippen LogP contribution in [0.5, 0.6) is 0 Å². The molecule has 0 bridgehead atoms. The molecule has 0 unspecified atom stereocenters. The number of nitrogens with zero attached hydrogens (tertiary/aromatic N) is 3. The number of amides is 1. The zero-order chi connectivity index (χ0) is 17.4. The van der Waals surface area contributed by atoms with Crippen LogP contribution in [0.1, 0.15) is 23.3 Å². The van der Waals surface area contributed by atoms with Gasteiger partial charge < -0.3 is 9.64 Å². The number of piperidine rings is 1. The van der Waals surface area contributed by atoms with Gasteiger partial charge in [-0.25, -0.2) is 4.39 Å². The van der Waals surface area contributed by atoms with Gasteiger partial charge >= 0.3 is 0 Å². The third-order valence-electron chi connectivity index (χ3n) is 4.86. The standard InChI is InChI=1S/C18H20FN3O2S/c1-21-16(12-15(20-21)13-2-4-14(19)5-3-13)17(23)22-8-6-18(7-9-22)24-10-11-25-18/h2-5,12H,6-11H2,1H3. The highest BCUT2D eigenvalue weighted by atomic mass is 32.2. The van der Waals surface area contributed by atoms with E-state index < -0.39 is 0 Å². The van der Waals surface area contributed by atoms with E-state index in [2.05, 4.69) is 5.10 Å². The minimum atomic E-state index is -0.287. The van der Waals surface area contributed by atoms with Crippen LogP contribution in [0.15, 0.2) is 30.3 Å². The molecule has 0 atom stereocenters. The summed E-state index contributed by atoms with van der Waals surface area (Å²) in [5.41, 5.74) is 2.02. The van der Waals surface area contributed by atoms with Gasteiger partial charge in [0.2, 0.25) is 0 Å². The molecule has 2 saturated heterocycles. The van der Waals surface area contributed by atoms with Gasteiger partial charge in [-0.1, -0.05) is 0 Å². The molecule has 25 heavy (non-hydrogen) atoms. The second-order valence-electron chi connectivity index (χ2n) is 6.45. The van der Waals surface area contributed by atoms with E-state index in [9.17, 15) is 9.18 Å². The molecule has 1 spiro atoms. The number of hydrogen-bond acceptors (Lipinski definition) is 4. The summed E-state index contributed by atoms with van der Waals surface area (Å²) in [6.07, 6.45) is 1.73. The second kappa shape index (κ2) is 6.46. The van der Waals surface area contributed by atoms with Crippen LogP contribution in [0.4, 0.5) is 4.39 Å². The van der Waals surface area contributed by atoms with Crippen molar-refractivity contribution in [3.05, 3.63) is 41.8 Å². The minimum absolute atomic E-state index is 0.0128. The summed E-state index contributed by atoms with van der Waals surface area (Å²) >= 11 is 1.87. The number of ether oxygens (including phenoxy) is 1. The molecule has 2 fully saturated rings. The van der Waals surface area contributed by atoms with Gasteiger partial charge in [-0.05, 0) is 30.3 Å². The van der Waals surface area contributed by atoms with Gasteiger partial charge in [0.1, 0.15) is 16.4 Å². The largest absolute Gasteiger partial charge is 0.363 e. The Morgan fingerprint density at radius 3 is 2.64 bits per heavy atom. The zero-order valence-electron chi connectivity index (χ0n) is 14.1. The SMILES string of the molecule is Cn1nc(-c2ccc(F)cc2)cc1C(=O)N1CCC2(CC1)OCCS2. The van der Waals surface area contributed by atoms with Crippen molar-refractivity contribution in [3.8, 4) is 11.3 Å². The quantitative estimate of drug-likeness (QED) is 0.825. The van der Waals surface area contributed by atoms with Crippen LogP contribution < -0.4 is 0 Å². The van der Waals surface area contributed by atoms with E-state index >= 15 is 0 Å². The molecule has 2 aromatic rings. The van der Waals surface area contributed by atoms with Crippen molar-refractivity contribution in [2.24, 2.45) is 7.05 Å². The first-order valence-electron chi connectivity index (χ1n) is 8.44. The number of benzene rings is 1. The molecule has 1 amide bonds. The lowest BCUT2D eigenvalue weighted by Crippen LogP contribution is -2.45. The van der Waals surface area contributed by atoms with E-state index in [1.54, 1.807) is 29.9 Å². The number of carbonyl (C=O) groups is 1. The zero-order valence-corrected chi connectivity index (χ0v) is 14.9. The summed E-state index contributed by atoms with van der Waals surface area (Å²) in [4.78, 5) is 14.7. The Labute approximate surface area is 150 Å². The van der Waals surface area contributed by atoms with E-state index in [4.69, 9.17) is 4.74 Å². The van der Waals surface area contributed by atoms with E-state index in [1.807, 2.05) is 16.7 Å². The number of rotatable bonds is 2. The molecule has 5 nitrogen and oxygen atoms in total. The van der Waals surface area contributed by atoms with Crippen LogP contribution in [0.25, 0.3) is 11.3 Å². The van der Waals surface area contributed by atoms with Crippen LogP contribution in [0.3, 0.4) is 0 Å². The van der Waals surface area contributed by atoms with Crippen molar-refractivity contribution in [2.45, 2.75) is 17.8 Å². The summed E-state index contributed by atoms with van der Waals surface area (Å²) in [5, 5.41) is 4.42. The van der Waals surface area contributed by atoms with Crippen molar-refractivity contribution in [1.82, 2.24) is 14.7 Å². The number of halogens is 1. The summed E-state index contributed by atoms with van der Waals surface area (Å²) < 4.78 is 20.6. The van der Waals surface area contributed by atoms with Crippen LogP contribution in [-0.2, 0) is 11.8 Å². The highest BCUT2D eigenvalue weighted by Gasteiger charge is 2.40. The fourth-order valence-electron chi connectivity index (χ4n) is 3.43. The van der Waals surface area contributed by atoms with E-state index in [-0.39, 0.29) is 16.7 Å². The van der Waals surface area contributed by atoms with Gasteiger partial charge in [0.15, 0.2) is 0 Å². The second-order valence-corrected chi connectivity index (χ2v) is 7.89. The number of hydrogen-bond donors (Lipinski definition) is 0. The highest BCUT2D eigenvalue weighted by molar-refractivity contribution is 8.00. The normalized spacial score (nSPS) is 19.5. The monoisotopic (exact) mass is 361 g/mol. The van der Waals surface area contributed by atoms with Crippen molar-refractivity contribution >= 4 is 17.7 Å². The maximum absolute atomic E-state index is 13.1. The van der Waals surface area contributed by atoms with Crippen molar-refractivity contribution in [1.29, 1.82) is 0 Å². The average molecular weight is 361 g/mol. The van der Waals surface area contributed by atoms with Crippen LogP contribution >= 0.6 is 11.8 Å². The first-order valence-corrected chi connectivity index (χ1v) is 9.42. The third kappa shape index (κ3) is 3.18. The molecule has 4 rings (SSSR count). The predicted molar refractivity (Wildman–Crippen MR) is 94.9 cm³/mol. The first kappa shape index (κ1) is 16.6. The Kier molecular flexibility index (Phi) is 4.29. The third-order valence-corrected chi connectivity index (χ3v) is 6.29. The Morgan fingerprint density at radius 2 is 2.00 bits per heavy atom. The molecular formula is C18H20FN3O2S. The van der Waals surface area contributed by atoms with Crippen LogP contribution in [-0.4, -0.2) is 51.0 Å². The van der Waals surface area contributed by atoms with Crippen molar-refractivity contribution < 1.29 is 13.9 Å². The molecular weight excluding hydrogens is 341 g/mol. The topological polar surface area (TPSA) is 47.4 Å². The van der Waals surface area contributed by atoms with E-state index in [1.165, 1.54) is 12.1 Å². The molecule has 3 heterocycles. The Bertz CT molecular complexity index is 774. The van der Waals surface area contributed by atoms with Crippen LogP contribution in [0, 0.1) is 5.82 Å². The molecule has 1 aromatic heterocycles. The molecule has 0 N–H and O–H groups in total. The lowest BCUT2D eigenvalue weighted by molar-refractivity contribution is 0.00325. The maximum Gasteiger partial charge on any atom is 0.272 e. The fourth-order valence-corrected chi connectivity index (χ4v) is 4.60. The first-order chi connectivity index (χ1) is 12.1. The molecule has 2 aliphatic heterocycles.